The predicted molar refractivity (Wildman–Crippen MR) is 61.6 cm³/mol. The lowest BCUT2D eigenvalue weighted by atomic mass is 10.1. The van der Waals surface area contributed by atoms with E-state index in [4.69, 9.17) is 4.74 Å². The average Bonchev–Trinajstić information content (AvgIpc) is 2.20. The van der Waals surface area contributed by atoms with Crippen molar-refractivity contribution in [2.75, 3.05) is 6.61 Å². The normalized spacial score (nSPS) is 12.2. The minimum Gasteiger partial charge on any atom is -0.508 e. The van der Waals surface area contributed by atoms with E-state index in [1.54, 1.807) is 12.1 Å². The Balaban J connectivity index is 3.04. The maximum Gasteiger partial charge on any atom is 0.147 e. The topological polar surface area (TPSA) is 46.5 Å². The second-order valence-electron chi connectivity index (χ2n) is 3.13. The number of rotatable bonds is 4. The number of ketones is 1. The first kappa shape index (κ1) is 12.0. The molecule has 0 spiro atoms. The van der Waals surface area contributed by atoms with E-state index in [9.17, 15) is 9.90 Å². The zero-order valence-corrected chi connectivity index (χ0v) is 10.2. The smallest absolute Gasteiger partial charge is 0.147 e. The van der Waals surface area contributed by atoms with Crippen LogP contribution in [0.1, 0.15) is 24.2 Å². The molecule has 3 nitrogen and oxygen atoms in total. The zero-order valence-electron chi connectivity index (χ0n) is 8.66. The Labute approximate surface area is 97.2 Å². The number of alkyl halides is 1. The Morgan fingerprint density at radius 3 is 2.80 bits per heavy atom. The monoisotopic (exact) mass is 272 g/mol. The number of phenolic OH excluding ortho intramolecular Hbond substituents is 1. The van der Waals surface area contributed by atoms with Gasteiger partial charge in [0.25, 0.3) is 0 Å². The molecule has 1 rings (SSSR count). The van der Waals surface area contributed by atoms with Gasteiger partial charge >= 0.3 is 0 Å². The summed E-state index contributed by atoms with van der Waals surface area (Å²) in [5.74, 6) is 0.686. The molecular weight excluding hydrogens is 260 g/mol. The van der Waals surface area contributed by atoms with Gasteiger partial charge in [-0.25, -0.2) is 0 Å². The van der Waals surface area contributed by atoms with Gasteiger partial charge in [0, 0.05) is 5.56 Å². The van der Waals surface area contributed by atoms with E-state index >= 15 is 0 Å². The van der Waals surface area contributed by atoms with Gasteiger partial charge in [0.1, 0.15) is 22.1 Å². The second kappa shape index (κ2) is 5.16. The summed E-state index contributed by atoms with van der Waals surface area (Å²) in [5.41, 5.74) is 0.536. The van der Waals surface area contributed by atoms with Crippen molar-refractivity contribution in [1.29, 1.82) is 0 Å². The van der Waals surface area contributed by atoms with Gasteiger partial charge in [-0.05, 0) is 32.0 Å². The highest BCUT2D eigenvalue weighted by Gasteiger charge is 2.17. The molecule has 1 aromatic rings. The van der Waals surface area contributed by atoms with Crippen LogP contribution in [0.3, 0.4) is 0 Å². The molecule has 0 aromatic heterocycles. The third-order valence-corrected chi connectivity index (χ3v) is 3.08. The lowest BCUT2D eigenvalue weighted by molar-refractivity contribution is -0.116. The van der Waals surface area contributed by atoms with Crippen LogP contribution in [0.25, 0.3) is 0 Å². The Morgan fingerprint density at radius 2 is 2.27 bits per heavy atom. The van der Waals surface area contributed by atoms with Gasteiger partial charge in [-0.2, -0.15) is 0 Å². The van der Waals surface area contributed by atoms with Crippen LogP contribution in [0.5, 0.6) is 11.5 Å². The van der Waals surface area contributed by atoms with Crippen molar-refractivity contribution >= 4 is 21.7 Å². The highest BCUT2D eigenvalue weighted by atomic mass is 79.9. The molecule has 0 saturated carbocycles. The fourth-order valence-corrected chi connectivity index (χ4v) is 1.58. The molecule has 0 fully saturated rings. The Morgan fingerprint density at radius 1 is 1.60 bits per heavy atom. The van der Waals surface area contributed by atoms with Crippen LogP contribution in [0.4, 0.5) is 0 Å². The number of halogens is 1. The highest BCUT2D eigenvalue weighted by Crippen LogP contribution is 2.33. The predicted octanol–water partition coefficient (Wildman–Crippen LogP) is 2.82. The molecule has 1 aromatic carbocycles. The summed E-state index contributed by atoms with van der Waals surface area (Å²) in [6.07, 6.45) is 0. The molecular formula is C11H13BrO3. The van der Waals surface area contributed by atoms with E-state index in [0.717, 1.165) is 0 Å². The molecule has 1 unspecified atom stereocenters. The number of hydrogen-bond donors (Lipinski definition) is 1. The van der Waals surface area contributed by atoms with Gasteiger partial charge < -0.3 is 9.84 Å². The summed E-state index contributed by atoms with van der Waals surface area (Å²) in [7, 11) is 0. The summed E-state index contributed by atoms with van der Waals surface area (Å²) in [6, 6.07) is 4.86. The van der Waals surface area contributed by atoms with Gasteiger partial charge in [-0.3, -0.25) is 4.79 Å². The summed E-state index contributed by atoms with van der Waals surface area (Å²) < 4.78 is 5.29. The van der Waals surface area contributed by atoms with E-state index in [1.165, 1.54) is 13.0 Å². The van der Waals surface area contributed by atoms with Gasteiger partial charge in [-0.15, -0.1) is 0 Å². The fraction of sp³-hybridized carbons (Fsp3) is 0.364. The number of phenols is 1. The van der Waals surface area contributed by atoms with E-state index in [-0.39, 0.29) is 11.5 Å². The molecule has 0 saturated heterocycles. The maximum atomic E-state index is 11.2. The third kappa shape index (κ3) is 2.96. The number of carbonyl (C=O) groups is 1. The van der Waals surface area contributed by atoms with Crippen molar-refractivity contribution in [3.8, 4) is 11.5 Å². The number of Topliss-reactive ketones (excluding diaryl/α,β-unsaturated/α-hetero) is 1. The highest BCUT2D eigenvalue weighted by molar-refractivity contribution is 9.09. The number of aromatic hydroxyl groups is 1. The van der Waals surface area contributed by atoms with Crippen LogP contribution >= 0.6 is 15.9 Å². The van der Waals surface area contributed by atoms with Crippen LogP contribution in [-0.2, 0) is 4.79 Å². The summed E-state index contributed by atoms with van der Waals surface area (Å²) in [4.78, 5) is 10.7. The van der Waals surface area contributed by atoms with Gasteiger partial charge in [0.05, 0.1) is 6.61 Å². The van der Waals surface area contributed by atoms with Gasteiger partial charge in [0.15, 0.2) is 0 Å². The quantitative estimate of drug-likeness (QED) is 0.858. The minimum atomic E-state index is -0.488. The molecule has 0 heterocycles. The first-order valence-corrected chi connectivity index (χ1v) is 5.58. The molecule has 0 amide bonds. The SMILES string of the molecule is CCOc1ccc(O)c(C(Br)C(C)=O)c1. The number of carbonyl (C=O) groups excluding carboxylic acids is 1. The van der Waals surface area contributed by atoms with E-state index in [2.05, 4.69) is 15.9 Å². The molecule has 4 heteroatoms. The molecule has 82 valence electrons. The Bertz CT molecular complexity index is 363. The minimum absolute atomic E-state index is 0.0565. The molecule has 0 radical (unpaired) electrons. The molecule has 1 atom stereocenters. The third-order valence-electron chi connectivity index (χ3n) is 1.94. The molecule has 0 aliphatic heterocycles. The van der Waals surface area contributed by atoms with Crippen molar-refractivity contribution in [3.05, 3.63) is 23.8 Å². The Hall–Kier alpha value is -1.03. The zero-order chi connectivity index (χ0) is 11.4. The maximum absolute atomic E-state index is 11.2. The standard InChI is InChI=1S/C11H13BrO3/c1-3-15-8-4-5-10(14)9(6-8)11(12)7(2)13/h4-6,11,14H,3H2,1-2H3. The van der Waals surface area contributed by atoms with Crippen molar-refractivity contribution in [1.82, 2.24) is 0 Å². The number of hydrogen-bond acceptors (Lipinski definition) is 3. The van der Waals surface area contributed by atoms with Crippen LogP contribution in [0.15, 0.2) is 18.2 Å². The van der Waals surface area contributed by atoms with E-state index < -0.39 is 4.83 Å². The summed E-state index contributed by atoms with van der Waals surface area (Å²) in [6.45, 7) is 3.90. The summed E-state index contributed by atoms with van der Waals surface area (Å²) in [5, 5.41) is 9.58. The molecule has 0 aliphatic carbocycles. The van der Waals surface area contributed by atoms with E-state index in [0.29, 0.717) is 17.9 Å². The van der Waals surface area contributed by atoms with Gasteiger partial charge in [-0.1, -0.05) is 15.9 Å². The average molecular weight is 273 g/mol. The Kier molecular flexibility index (Phi) is 4.15. The number of ether oxygens (including phenoxy) is 1. The molecule has 1 N–H and O–H groups in total. The van der Waals surface area contributed by atoms with Crippen LogP contribution in [0, 0.1) is 0 Å². The number of benzene rings is 1. The van der Waals surface area contributed by atoms with Crippen molar-refractivity contribution in [2.45, 2.75) is 18.7 Å². The van der Waals surface area contributed by atoms with Crippen molar-refractivity contribution in [2.24, 2.45) is 0 Å². The molecule has 0 bridgehead atoms. The summed E-state index contributed by atoms with van der Waals surface area (Å²) >= 11 is 3.22. The largest absolute Gasteiger partial charge is 0.508 e. The molecule has 15 heavy (non-hydrogen) atoms. The lowest BCUT2D eigenvalue weighted by Crippen LogP contribution is -2.02. The lowest BCUT2D eigenvalue weighted by Gasteiger charge is -2.11. The second-order valence-corrected chi connectivity index (χ2v) is 4.04. The van der Waals surface area contributed by atoms with Crippen LogP contribution in [0.2, 0.25) is 0 Å². The fourth-order valence-electron chi connectivity index (χ4n) is 1.21. The van der Waals surface area contributed by atoms with E-state index in [1.807, 2.05) is 6.92 Å². The van der Waals surface area contributed by atoms with Crippen molar-refractivity contribution in [3.63, 3.8) is 0 Å². The van der Waals surface area contributed by atoms with Crippen LogP contribution < -0.4 is 4.74 Å². The van der Waals surface area contributed by atoms with Crippen molar-refractivity contribution < 1.29 is 14.6 Å². The van der Waals surface area contributed by atoms with Gasteiger partial charge in [0.2, 0.25) is 0 Å². The first-order chi connectivity index (χ1) is 7.06. The van der Waals surface area contributed by atoms with Crippen LogP contribution in [-0.4, -0.2) is 17.5 Å². The molecule has 0 aliphatic rings. The first-order valence-electron chi connectivity index (χ1n) is 4.66.